The first kappa shape index (κ1) is 18.1. The predicted octanol–water partition coefficient (Wildman–Crippen LogP) is 3.07. The molecule has 1 aliphatic rings. The third-order valence-corrected chi connectivity index (χ3v) is 4.89. The van der Waals surface area contributed by atoms with Crippen molar-refractivity contribution >= 4 is 17.3 Å². The van der Waals surface area contributed by atoms with Gasteiger partial charge < -0.3 is 19.9 Å². The zero-order chi connectivity index (χ0) is 18.5. The monoisotopic (exact) mass is 353 g/mol. The van der Waals surface area contributed by atoms with Gasteiger partial charge in [0.25, 0.3) is 0 Å². The van der Waals surface area contributed by atoms with Gasteiger partial charge in [0.2, 0.25) is 5.91 Å². The van der Waals surface area contributed by atoms with Crippen LogP contribution in [0.3, 0.4) is 0 Å². The Kier molecular flexibility index (Phi) is 5.66. The Labute approximate surface area is 155 Å². The van der Waals surface area contributed by atoms with Crippen LogP contribution >= 0.6 is 0 Å². The number of rotatable bonds is 5. The van der Waals surface area contributed by atoms with Crippen LogP contribution in [0.15, 0.2) is 42.5 Å². The number of carbonyl (C=O) groups excluding carboxylic acids is 1. The van der Waals surface area contributed by atoms with Crippen molar-refractivity contribution in [3.63, 3.8) is 0 Å². The van der Waals surface area contributed by atoms with Crippen LogP contribution < -0.4 is 15.0 Å². The van der Waals surface area contributed by atoms with E-state index in [1.807, 2.05) is 17.0 Å². The molecule has 1 heterocycles. The van der Waals surface area contributed by atoms with Crippen molar-refractivity contribution in [2.24, 2.45) is 0 Å². The fraction of sp³-hybridized carbons (Fsp3) is 0.381. The second kappa shape index (κ2) is 8.13. The summed E-state index contributed by atoms with van der Waals surface area (Å²) in [7, 11) is 1.67. The maximum atomic E-state index is 12.5. The molecule has 138 valence electrons. The van der Waals surface area contributed by atoms with Gasteiger partial charge in [-0.15, -0.1) is 0 Å². The van der Waals surface area contributed by atoms with Crippen LogP contribution in [0, 0.1) is 13.8 Å². The third kappa shape index (κ3) is 4.28. The first-order valence-electron chi connectivity index (χ1n) is 9.05. The van der Waals surface area contributed by atoms with Crippen molar-refractivity contribution in [3.8, 4) is 5.75 Å². The van der Waals surface area contributed by atoms with E-state index in [1.54, 1.807) is 7.11 Å². The van der Waals surface area contributed by atoms with E-state index in [-0.39, 0.29) is 5.91 Å². The molecular weight excluding hydrogens is 326 g/mol. The van der Waals surface area contributed by atoms with E-state index < -0.39 is 0 Å². The van der Waals surface area contributed by atoms with Crippen LogP contribution in [0.4, 0.5) is 11.4 Å². The van der Waals surface area contributed by atoms with E-state index in [1.165, 1.54) is 11.3 Å². The molecule has 0 spiro atoms. The highest BCUT2D eigenvalue weighted by molar-refractivity contribution is 5.81. The summed E-state index contributed by atoms with van der Waals surface area (Å²) in [5.74, 6) is 1.01. The van der Waals surface area contributed by atoms with Gasteiger partial charge in [-0.05, 0) is 55.3 Å². The van der Waals surface area contributed by atoms with Crippen LogP contribution in [-0.2, 0) is 4.79 Å². The van der Waals surface area contributed by atoms with Gasteiger partial charge in [0, 0.05) is 37.6 Å². The number of carbonyl (C=O) groups is 1. The zero-order valence-corrected chi connectivity index (χ0v) is 15.8. The molecule has 0 saturated carbocycles. The van der Waals surface area contributed by atoms with Gasteiger partial charge in [0.1, 0.15) is 5.75 Å². The molecule has 1 fully saturated rings. The van der Waals surface area contributed by atoms with E-state index in [4.69, 9.17) is 4.74 Å². The van der Waals surface area contributed by atoms with Gasteiger partial charge in [-0.1, -0.05) is 12.1 Å². The summed E-state index contributed by atoms with van der Waals surface area (Å²) in [5, 5.41) is 3.29. The van der Waals surface area contributed by atoms with Crippen molar-refractivity contribution in [1.29, 1.82) is 0 Å². The Hall–Kier alpha value is -2.69. The van der Waals surface area contributed by atoms with Crippen molar-refractivity contribution in [1.82, 2.24) is 4.90 Å². The summed E-state index contributed by atoms with van der Waals surface area (Å²) in [6.07, 6.45) is 0. The normalized spacial score (nSPS) is 14.3. The van der Waals surface area contributed by atoms with Crippen molar-refractivity contribution < 1.29 is 9.53 Å². The second-order valence-electron chi connectivity index (χ2n) is 6.74. The van der Waals surface area contributed by atoms with E-state index in [0.717, 1.165) is 43.2 Å². The van der Waals surface area contributed by atoms with Gasteiger partial charge in [0.15, 0.2) is 0 Å². The maximum absolute atomic E-state index is 12.5. The topological polar surface area (TPSA) is 44.8 Å². The fourth-order valence-electron chi connectivity index (χ4n) is 3.22. The average Bonchev–Trinajstić information content (AvgIpc) is 2.68. The number of nitrogens with one attached hydrogen (secondary N) is 1. The maximum Gasteiger partial charge on any atom is 0.241 e. The minimum Gasteiger partial charge on any atom is -0.497 e. The molecule has 0 atom stereocenters. The first-order chi connectivity index (χ1) is 12.6. The molecule has 3 rings (SSSR count). The Morgan fingerprint density at radius 2 is 1.73 bits per heavy atom. The largest absolute Gasteiger partial charge is 0.497 e. The number of nitrogens with zero attached hydrogens (tertiary/aromatic N) is 2. The number of hydrogen-bond acceptors (Lipinski definition) is 4. The average molecular weight is 353 g/mol. The fourth-order valence-corrected chi connectivity index (χ4v) is 3.22. The van der Waals surface area contributed by atoms with Crippen LogP contribution in [0.25, 0.3) is 0 Å². The molecule has 0 aromatic heterocycles. The quantitative estimate of drug-likeness (QED) is 0.897. The Bertz CT molecular complexity index is 750. The van der Waals surface area contributed by atoms with Crippen LogP contribution in [0.2, 0.25) is 0 Å². The molecule has 2 aromatic carbocycles. The minimum atomic E-state index is 0.153. The smallest absolute Gasteiger partial charge is 0.241 e. The van der Waals surface area contributed by atoms with Crippen LogP contribution in [-0.4, -0.2) is 50.6 Å². The van der Waals surface area contributed by atoms with Gasteiger partial charge >= 0.3 is 0 Å². The molecule has 0 radical (unpaired) electrons. The number of amides is 1. The standard InChI is InChI=1S/C21H27N3O2/c1-16-4-5-17(2)20(14-16)22-15-21(25)24-12-10-23(11-13-24)18-6-8-19(26-3)9-7-18/h4-9,14,22H,10-13,15H2,1-3H3. The summed E-state index contributed by atoms with van der Waals surface area (Å²) in [4.78, 5) is 16.8. The van der Waals surface area contributed by atoms with Gasteiger partial charge in [0.05, 0.1) is 13.7 Å². The van der Waals surface area contributed by atoms with E-state index in [0.29, 0.717) is 6.54 Å². The Morgan fingerprint density at radius 1 is 1.04 bits per heavy atom. The minimum absolute atomic E-state index is 0.153. The van der Waals surface area contributed by atoms with Gasteiger partial charge in [-0.2, -0.15) is 0 Å². The van der Waals surface area contributed by atoms with Gasteiger partial charge in [-0.3, -0.25) is 4.79 Å². The molecule has 1 aliphatic heterocycles. The van der Waals surface area contributed by atoms with Crippen molar-refractivity contribution in [3.05, 3.63) is 53.6 Å². The number of piperazine rings is 1. The molecule has 0 aliphatic carbocycles. The highest BCUT2D eigenvalue weighted by atomic mass is 16.5. The van der Waals surface area contributed by atoms with Crippen LogP contribution in [0.1, 0.15) is 11.1 Å². The summed E-state index contributed by atoms with van der Waals surface area (Å²) in [5.41, 5.74) is 4.56. The number of hydrogen-bond donors (Lipinski definition) is 1. The SMILES string of the molecule is COc1ccc(N2CCN(C(=O)CNc3cc(C)ccc3C)CC2)cc1. The van der Waals surface area contributed by atoms with E-state index >= 15 is 0 Å². The third-order valence-electron chi connectivity index (χ3n) is 4.89. The number of aryl methyl sites for hydroxylation is 2. The number of ether oxygens (including phenoxy) is 1. The molecule has 0 bridgehead atoms. The molecule has 1 saturated heterocycles. The van der Waals surface area contributed by atoms with E-state index in [2.05, 4.69) is 54.4 Å². The lowest BCUT2D eigenvalue weighted by Crippen LogP contribution is -2.50. The summed E-state index contributed by atoms with van der Waals surface area (Å²) < 4.78 is 5.21. The summed E-state index contributed by atoms with van der Waals surface area (Å²) >= 11 is 0. The highest BCUT2D eigenvalue weighted by Gasteiger charge is 2.21. The van der Waals surface area contributed by atoms with Gasteiger partial charge in [-0.25, -0.2) is 0 Å². The predicted molar refractivity (Wildman–Crippen MR) is 106 cm³/mol. The molecule has 26 heavy (non-hydrogen) atoms. The molecule has 1 N–H and O–H groups in total. The molecule has 2 aromatic rings. The Morgan fingerprint density at radius 3 is 2.38 bits per heavy atom. The zero-order valence-electron chi connectivity index (χ0n) is 15.8. The van der Waals surface area contributed by atoms with E-state index in [9.17, 15) is 4.79 Å². The second-order valence-corrected chi connectivity index (χ2v) is 6.74. The molecular formula is C21H27N3O2. The summed E-state index contributed by atoms with van der Waals surface area (Å²) in [6, 6.07) is 14.3. The molecule has 0 unspecified atom stereocenters. The molecule has 1 amide bonds. The highest BCUT2D eigenvalue weighted by Crippen LogP contribution is 2.21. The molecule has 5 heteroatoms. The molecule has 5 nitrogen and oxygen atoms in total. The number of methoxy groups -OCH3 is 1. The van der Waals surface area contributed by atoms with Crippen molar-refractivity contribution in [2.45, 2.75) is 13.8 Å². The summed E-state index contributed by atoms with van der Waals surface area (Å²) in [6.45, 7) is 7.65. The number of benzene rings is 2. The number of anilines is 2. The lowest BCUT2D eigenvalue weighted by Gasteiger charge is -2.36. The Balaban J connectivity index is 1.50. The van der Waals surface area contributed by atoms with Crippen molar-refractivity contribution in [2.75, 3.05) is 50.1 Å². The lowest BCUT2D eigenvalue weighted by molar-refractivity contribution is -0.129. The lowest BCUT2D eigenvalue weighted by atomic mass is 10.1. The van der Waals surface area contributed by atoms with Crippen LogP contribution in [0.5, 0.6) is 5.75 Å². The first-order valence-corrected chi connectivity index (χ1v) is 9.05.